The van der Waals surface area contributed by atoms with Crippen molar-refractivity contribution >= 4 is 40.5 Å². The Morgan fingerprint density at radius 1 is 1.26 bits per heavy atom. The van der Waals surface area contributed by atoms with Crippen LogP contribution in [0, 0.1) is 21.4 Å². The maximum absolute atomic E-state index is 12.1. The molecular weight excluding hydrogens is 374 g/mol. The fourth-order valence-corrected chi connectivity index (χ4v) is 2.18. The molecule has 0 fully saturated rings. The first-order valence-electron chi connectivity index (χ1n) is 7.34. The first kappa shape index (κ1) is 19.4. The Bertz CT molecular complexity index is 997. The van der Waals surface area contributed by atoms with E-state index >= 15 is 0 Å². The molecular formula is C17H12ClN5O4. The van der Waals surface area contributed by atoms with Crippen LogP contribution in [0.1, 0.15) is 10.4 Å². The van der Waals surface area contributed by atoms with Gasteiger partial charge in [0.25, 0.3) is 17.5 Å². The van der Waals surface area contributed by atoms with Crippen LogP contribution >= 0.6 is 11.6 Å². The fourth-order valence-electron chi connectivity index (χ4n) is 2.00. The average molecular weight is 386 g/mol. The SMILES string of the molecule is N#C/C(=C/NC(=O)c1ccccc1N)C(=O)Nc1ccc(Cl)c([N+](=O)[O-])c1. The van der Waals surface area contributed by atoms with E-state index in [-0.39, 0.29) is 22.0 Å². The van der Waals surface area contributed by atoms with Gasteiger partial charge in [0.2, 0.25) is 0 Å². The summed E-state index contributed by atoms with van der Waals surface area (Å²) in [5.74, 6) is -1.47. The van der Waals surface area contributed by atoms with Crippen LogP contribution in [0.25, 0.3) is 0 Å². The number of carbonyl (C=O) groups excluding carboxylic acids is 2. The molecule has 0 aliphatic heterocycles. The van der Waals surface area contributed by atoms with Gasteiger partial charge in [-0.2, -0.15) is 5.26 Å². The summed E-state index contributed by atoms with van der Waals surface area (Å²) < 4.78 is 0. The largest absolute Gasteiger partial charge is 0.398 e. The number of halogens is 1. The van der Waals surface area contributed by atoms with Gasteiger partial charge < -0.3 is 16.4 Å². The number of nitrogens with zero attached hydrogens (tertiary/aromatic N) is 2. The molecule has 0 saturated carbocycles. The predicted octanol–water partition coefficient (Wildman–Crippen LogP) is 2.61. The van der Waals surface area contributed by atoms with Crippen molar-refractivity contribution < 1.29 is 14.5 Å². The van der Waals surface area contributed by atoms with E-state index in [0.29, 0.717) is 0 Å². The van der Waals surface area contributed by atoms with Gasteiger partial charge in [-0.3, -0.25) is 19.7 Å². The molecule has 0 heterocycles. The number of rotatable bonds is 5. The summed E-state index contributed by atoms with van der Waals surface area (Å²) >= 11 is 5.70. The highest BCUT2D eigenvalue weighted by Gasteiger charge is 2.16. The number of amides is 2. The van der Waals surface area contributed by atoms with Crippen molar-refractivity contribution in [1.82, 2.24) is 5.32 Å². The third-order valence-electron chi connectivity index (χ3n) is 3.32. The third kappa shape index (κ3) is 4.81. The normalized spacial score (nSPS) is 10.6. The van der Waals surface area contributed by atoms with Gasteiger partial charge in [0.05, 0.1) is 10.5 Å². The van der Waals surface area contributed by atoms with E-state index < -0.39 is 28.0 Å². The highest BCUT2D eigenvalue weighted by molar-refractivity contribution is 6.32. The van der Waals surface area contributed by atoms with E-state index in [1.54, 1.807) is 18.2 Å². The maximum Gasteiger partial charge on any atom is 0.289 e. The number of nitrogens with two attached hydrogens (primary N) is 1. The summed E-state index contributed by atoms with van der Waals surface area (Å²) in [7, 11) is 0. The molecule has 2 amide bonds. The first-order valence-corrected chi connectivity index (χ1v) is 7.72. The van der Waals surface area contributed by atoms with Crippen LogP contribution in [0.15, 0.2) is 54.2 Å². The Morgan fingerprint density at radius 2 is 1.96 bits per heavy atom. The second-order valence-electron chi connectivity index (χ2n) is 5.11. The molecule has 0 aliphatic carbocycles. The Kier molecular flexibility index (Phi) is 6.09. The quantitative estimate of drug-likeness (QED) is 0.236. The zero-order valence-electron chi connectivity index (χ0n) is 13.6. The monoisotopic (exact) mass is 385 g/mol. The summed E-state index contributed by atoms with van der Waals surface area (Å²) in [6.07, 6.45) is 0.925. The summed E-state index contributed by atoms with van der Waals surface area (Å²) in [5, 5.41) is 24.5. The molecule has 0 unspecified atom stereocenters. The molecule has 0 radical (unpaired) electrons. The van der Waals surface area contributed by atoms with Gasteiger partial charge in [0.15, 0.2) is 0 Å². The van der Waals surface area contributed by atoms with Gasteiger partial charge in [-0.05, 0) is 24.3 Å². The number of hydrogen-bond donors (Lipinski definition) is 3. The second kappa shape index (κ2) is 8.46. The van der Waals surface area contributed by atoms with Crippen LogP contribution in [0.5, 0.6) is 0 Å². The Balaban J connectivity index is 2.14. The standard InChI is InChI=1S/C17H12ClN5O4/c18-13-6-5-11(7-15(13)23(26)27)22-16(24)10(8-19)9-21-17(25)12-3-1-2-4-14(12)20/h1-7,9H,20H2,(H,21,25)(H,22,24)/b10-9-. The summed E-state index contributed by atoms with van der Waals surface area (Å²) in [5.41, 5.74) is 5.34. The number of nitrogens with one attached hydrogen (secondary N) is 2. The minimum absolute atomic E-state index is 0.0656. The summed E-state index contributed by atoms with van der Waals surface area (Å²) in [6.45, 7) is 0. The van der Waals surface area contributed by atoms with Crippen LogP contribution in [0.3, 0.4) is 0 Å². The highest BCUT2D eigenvalue weighted by atomic mass is 35.5. The molecule has 0 spiro atoms. The number of benzene rings is 2. The van der Waals surface area contributed by atoms with Gasteiger partial charge in [-0.1, -0.05) is 23.7 Å². The molecule has 10 heteroatoms. The molecule has 4 N–H and O–H groups in total. The highest BCUT2D eigenvalue weighted by Crippen LogP contribution is 2.27. The van der Waals surface area contributed by atoms with Crippen molar-refractivity contribution in [2.75, 3.05) is 11.1 Å². The first-order chi connectivity index (χ1) is 12.8. The van der Waals surface area contributed by atoms with E-state index in [1.807, 2.05) is 0 Å². The molecule has 0 atom stereocenters. The summed E-state index contributed by atoms with van der Waals surface area (Å²) in [4.78, 5) is 34.4. The molecule has 27 heavy (non-hydrogen) atoms. The molecule has 2 rings (SSSR count). The zero-order valence-corrected chi connectivity index (χ0v) is 14.4. The van der Waals surface area contributed by atoms with Crippen molar-refractivity contribution in [3.8, 4) is 6.07 Å². The zero-order chi connectivity index (χ0) is 20.0. The van der Waals surface area contributed by atoms with Gasteiger partial charge in [0.1, 0.15) is 16.7 Å². The van der Waals surface area contributed by atoms with Gasteiger partial charge in [-0.15, -0.1) is 0 Å². The maximum atomic E-state index is 12.1. The van der Waals surface area contributed by atoms with Crippen molar-refractivity contribution in [3.63, 3.8) is 0 Å². The lowest BCUT2D eigenvalue weighted by Gasteiger charge is -2.06. The lowest BCUT2D eigenvalue weighted by Crippen LogP contribution is -2.22. The topological polar surface area (TPSA) is 151 Å². The van der Waals surface area contributed by atoms with Gasteiger partial charge in [0, 0.05) is 23.6 Å². The van der Waals surface area contributed by atoms with Crippen LogP contribution < -0.4 is 16.4 Å². The second-order valence-corrected chi connectivity index (χ2v) is 5.52. The lowest BCUT2D eigenvalue weighted by atomic mass is 10.1. The summed E-state index contributed by atoms with van der Waals surface area (Å²) in [6, 6.07) is 11.6. The van der Waals surface area contributed by atoms with E-state index in [4.69, 9.17) is 22.6 Å². The number of carbonyl (C=O) groups is 2. The van der Waals surface area contributed by atoms with E-state index in [9.17, 15) is 19.7 Å². The van der Waals surface area contributed by atoms with Crippen LogP contribution in [-0.4, -0.2) is 16.7 Å². The minimum Gasteiger partial charge on any atom is -0.398 e. The van der Waals surface area contributed by atoms with Crippen molar-refractivity contribution in [2.45, 2.75) is 0 Å². The minimum atomic E-state index is -0.865. The molecule has 2 aromatic carbocycles. The predicted molar refractivity (Wildman–Crippen MR) is 98.8 cm³/mol. The molecule has 2 aromatic rings. The lowest BCUT2D eigenvalue weighted by molar-refractivity contribution is -0.384. The van der Waals surface area contributed by atoms with E-state index in [2.05, 4.69) is 10.6 Å². The average Bonchev–Trinajstić information content (AvgIpc) is 2.63. The number of para-hydroxylation sites is 1. The van der Waals surface area contributed by atoms with E-state index in [1.165, 1.54) is 24.3 Å². The number of nitriles is 1. The fraction of sp³-hybridized carbons (Fsp3) is 0. The van der Waals surface area contributed by atoms with E-state index in [0.717, 1.165) is 12.3 Å². The Labute approximate surface area is 158 Å². The molecule has 0 saturated heterocycles. The molecule has 0 aromatic heterocycles. The van der Waals surface area contributed by atoms with Crippen LogP contribution in [-0.2, 0) is 4.79 Å². The van der Waals surface area contributed by atoms with Gasteiger partial charge in [-0.25, -0.2) is 0 Å². The number of nitro benzene ring substituents is 1. The molecule has 0 aliphatic rings. The number of nitro groups is 1. The smallest absolute Gasteiger partial charge is 0.289 e. The molecule has 0 bridgehead atoms. The molecule has 136 valence electrons. The Hall–Kier alpha value is -3.90. The Morgan fingerprint density at radius 3 is 2.59 bits per heavy atom. The van der Waals surface area contributed by atoms with Crippen molar-refractivity contribution in [3.05, 3.63) is 74.9 Å². The van der Waals surface area contributed by atoms with Crippen LogP contribution in [0.4, 0.5) is 17.1 Å². The number of anilines is 2. The van der Waals surface area contributed by atoms with Crippen LogP contribution in [0.2, 0.25) is 5.02 Å². The molecule has 9 nitrogen and oxygen atoms in total. The number of nitrogen functional groups attached to an aromatic ring is 1. The van der Waals surface area contributed by atoms with Crippen molar-refractivity contribution in [2.24, 2.45) is 0 Å². The third-order valence-corrected chi connectivity index (χ3v) is 3.64. The number of hydrogen-bond acceptors (Lipinski definition) is 6. The van der Waals surface area contributed by atoms with Gasteiger partial charge >= 0.3 is 0 Å². The van der Waals surface area contributed by atoms with Crippen molar-refractivity contribution in [1.29, 1.82) is 5.26 Å².